The van der Waals surface area contributed by atoms with Gasteiger partial charge in [0.15, 0.2) is 0 Å². The molecule has 0 bridgehead atoms. The van der Waals surface area contributed by atoms with Gasteiger partial charge in [0.05, 0.1) is 17.0 Å². The Hall–Kier alpha value is -0.300. The van der Waals surface area contributed by atoms with Crippen LogP contribution in [0.4, 0.5) is 0 Å². The topological polar surface area (TPSA) is 72.5 Å². The molecule has 3 N–H and O–H groups in total. The molecule has 1 rings (SSSR count). The highest BCUT2D eigenvalue weighted by Crippen LogP contribution is 2.41. The van der Waals surface area contributed by atoms with Gasteiger partial charge in [-0.25, -0.2) is 0 Å². The highest BCUT2D eigenvalue weighted by atomic mass is 79.9. The number of nitrogens with two attached hydrogens (primary N) is 1. The number of rotatable bonds is 3. The second kappa shape index (κ2) is 6.92. The van der Waals surface area contributed by atoms with Crippen molar-refractivity contribution in [3.05, 3.63) is 26.6 Å². The maximum absolute atomic E-state index is 11.7. The van der Waals surface area contributed by atoms with Crippen molar-refractivity contribution in [1.82, 2.24) is 0 Å². The zero-order valence-corrected chi connectivity index (χ0v) is 14.7. The SMILES string of the molecule is COC(=O)C(C)(C)[C@@H](N)c1cc(Br)cc(Br)c1O.Cl. The monoisotopic (exact) mass is 415 g/mol. The van der Waals surface area contributed by atoms with Gasteiger partial charge >= 0.3 is 5.97 Å². The number of halogens is 3. The summed E-state index contributed by atoms with van der Waals surface area (Å²) in [6.45, 7) is 3.36. The van der Waals surface area contributed by atoms with Gasteiger partial charge in [0, 0.05) is 16.1 Å². The first-order valence-corrected chi connectivity index (χ1v) is 6.82. The van der Waals surface area contributed by atoms with E-state index < -0.39 is 17.4 Å². The molecule has 0 saturated heterocycles. The fourth-order valence-corrected chi connectivity index (χ4v) is 2.86. The molecule has 0 aliphatic heterocycles. The molecule has 4 nitrogen and oxygen atoms in total. The van der Waals surface area contributed by atoms with Crippen LogP contribution in [0.1, 0.15) is 25.5 Å². The fraction of sp³-hybridized carbons (Fsp3) is 0.417. The van der Waals surface area contributed by atoms with Crippen LogP contribution in [0, 0.1) is 5.41 Å². The molecule has 0 aromatic heterocycles. The molecule has 0 saturated carbocycles. The third kappa shape index (κ3) is 3.84. The Morgan fingerprint density at radius 1 is 1.42 bits per heavy atom. The van der Waals surface area contributed by atoms with E-state index in [2.05, 4.69) is 31.9 Å². The summed E-state index contributed by atoms with van der Waals surface area (Å²) in [5.41, 5.74) is 5.63. The van der Waals surface area contributed by atoms with E-state index >= 15 is 0 Å². The van der Waals surface area contributed by atoms with E-state index in [1.807, 2.05) is 0 Å². The smallest absolute Gasteiger partial charge is 0.313 e. The van der Waals surface area contributed by atoms with Gasteiger partial charge in [0.2, 0.25) is 0 Å². The Morgan fingerprint density at radius 2 is 1.95 bits per heavy atom. The molecule has 0 spiro atoms. The van der Waals surface area contributed by atoms with Crippen LogP contribution in [-0.4, -0.2) is 18.2 Å². The summed E-state index contributed by atoms with van der Waals surface area (Å²) >= 11 is 6.56. The average Bonchev–Trinajstić information content (AvgIpc) is 2.31. The molecule has 0 unspecified atom stereocenters. The van der Waals surface area contributed by atoms with Gasteiger partial charge in [-0.1, -0.05) is 15.9 Å². The number of carbonyl (C=O) groups excluding carboxylic acids is 1. The average molecular weight is 418 g/mol. The molecule has 1 aromatic rings. The number of phenolic OH excluding ortho intramolecular Hbond substituents is 1. The molecule has 19 heavy (non-hydrogen) atoms. The molecule has 0 radical (unpaired) electrons. The van der Waals surface area contributed by atoms with Gasteiger partial charge in [-0.05, 0) is 41.9 Å². The zero-order chi connectivity index (χ0) is 14.1. The quantitative estimate of drug-likeness (QED) is 0.738. The summed E-state index contributed by atoms with van der Waals surface area (Å²) in [5, 5.41) is 10.0. The van der Waals surface area contributed by atoms with E-state index in [9.17, 15) is 9.90 Å². The Morgan fingerprint density at radius 3 is 2.42 bits per heavy atom. The molecule has 7 heteroatoms. The molecule has 0 aliphatic carbocycles. The third-order valence-corrected chi connectivity index (χ3v) is 3.94. The summed E-state index contributed by atoms with van der Waals surface area (Å²) in [6.07, 6.45) is 0. The minimum absolute atomic E-state index is 0. The number of hydrogen-bond acceptors (Lipinski definition) is 4. The Balaban J connectivity index is 0.00000324. The van der Waals surface area contributed by atoms with Crippen LogP contribution in [0.5, 0.6) is 5.75 Å². The largest absolute Gasteiger partial charge is 0.506 e. The number of benzene rings is 1. The highest BCUT2D eigenvalue weighted by molar-refractivity contribution is 9.11. The van der Waals surface area contributed by atoms with E-state index in [0.29, 0.717) is 10.0 Å². The summed E-state index contributed by atoms with van der Waals surface area (Å²) in [5.74, 6) is -0.395. The van der Waals surface area contributed by atoms with Crippen molar-refractivity contribution in [3.63, 3.8) is 0 Å². The molecule has 1 aromatic carbocycles. The third-order valence-electron chi connectivity index (χ3n) is 2.88. The number of aromatic hydroxyl groups is 1. The van der Waals surface area contributed by atoms with Gasteiger partial charge in [-0.3, -0.25) is 4.79 Å². The number of hydrogen-bond donors (Lipinski definition) is 2. The lowest BCUT2D eigenvalue weighted by atomic mass is 9.81. The van der Waals surface area contributed by atoms with Crippen LogP contribution < -0.4 is 5.73 Å². The number of ether oxygens (including phenoxy) is 1. The number of phenols is 1. The lowest BCUT2D eigenvalue weighted by Crippen LogP contribution is -2.37. The summed E-state index contributed by atoms with van der Waals surface area (Å²) in [4.78, 5) is 11.7. The van der Waals surface area contributed by atoms with Crippen LogP contribution in [0.3, 0.4) is 0 Å². The minimum Gasteiger partial charge on any atom is -0.506 e. The Labute approximate surface area is 135 Å². The number of carbonyl (C=O) groups is 1. The Kier molecular flexibility index (Phi) is 6.82. The molecule has 1 atom stereocenters. The molecule has 0 aliphatic rings. The first-order chi connectivity index (χ1) is 8.21. The lowest BCUT2D eigenvalue weighted by molar-refractivity contribution is -0.152. The number of methoxy groups -OCH3 is 1. The van der Waals surface area contributed by atoms with E-state index in [1.54, 1.807) is 26.0 Å². The number of esters is 1. The van der Waals surface area contributed by atoms with Crippen molar-refractivity contribution < 1.29 is 14.6 Å². The highest BCUT2D eigenvalue weighted by Gasteiger charge is 2.38. The fourth-order valence-electron chi connectivity index (χ4n) is 1.60. The van der Waals surface area contributed by atoms with Crippen molar-refractivity contribution in [2.45, 2.75) is 19.9 Å². The van der Waals surface area contributed by atoms with Crippen LogP contribution in [0.15, 0.2) is 21.1 Å². The van der Waals surface area contributed by atoms with E-state index in [-0.39, 0.29) is 18.2 Å². The molecule has 0 amide bonds. The molecule has 0 heterocycles. The van der Waals surface area contributed by atoms with Crippen molar-refractivity contribution in [2.24, 2.45) is 11.1 Å². The van der Waals surface area contributed by atoms with Crippen molar-refractivity contribution in [3.8, 4) is 5.75 Å². The first-order valence-electron chi connectivity index (χ1n) is 5.23. The predicted molar refractivity (Wildman–Crippen MR) is 83.5 cm³/mol. The summed E-state index contributed by atoms with van der Waals surface area (Å²) in [7, 11) is 1.31. The zero-order valence-electron chi connectivity index (χ0n) is 10.7. The maximum atomic E-state index is 11.7. The van der Waals surface area contributed by atoms with Gasteiger partial charge in [-0.15, -0.1) is 12.4 Å². The normalized spacial score (nSPS) is 12.5. The standard InChI is InChI=1S/C12H15Br2NO3.ClH/c1-12(2,11(17)18-3)10(15)7-4-6(13)5-8(14)9(7)16;/h4-5,10,16H,15H2,1-3H3;1H/t10-;/m0./s1. The van der Waals surface area contributed by atoms with Crippen molar-refractivity contribution >= 4 is 50.2 Å². The van der Waals surface area contributed by atoms with Gasteiger partial charge < -0.3 is 15.6 Å². The van der Waals surface area contributed by atoms with Gasteiger partial charge in [0.25, 0.3) is 0 Å². The maximum Gasteiger partial charge on any atom is 0.313 e. The van der Waals surface area contributed by atoms with Crippen molar-refractivity contribution in [2.75, 3.05) is 7.11 Å². The lowest BCUT2D eigenvalue weighted by Gasteiger charge is -2.29. The van der Waals surface area contributed by atoms with E-state index in [0.717, 1.165) is 4.47 Å². The summed E-state index contributed by atoms with van der Waals surface area (Å²) < 4.78 is 6.01. The molecule has 0 fully saturated rings. The Bertz CT molecular complexity index is 480. The van der Waals surface area contributed by atoms with E-state index in [1.165, 1.54) is 7.11 Å². The second-order valence-corrected chi connectivity index (χ2v) is 6.29. The van der Waals surface area contributed by atoms with Crippen LogP contribution in [0.25, 0.3) is 0 Å². The predicted octanol–water partition coefficient (Wildman–Crippen LogP) is 3.54. The molecule has 108 valence electrons. The van der Waals surface area contributed by atoms with Gasteiger partial charge in [-0.2, -0.15) is 0 Å². The molecular weight excluding hydrogens is 401 g/mol. The van der Waals surface area contributed by atoms with Crippen LogP contribution >= 0.6 is 44.3 Å². The molecular formula is C12H16Br2ClNO3. The van der Waals surface area contributed by atoms with Crippen LogP contribution in [0.2, 0.25) is 0 Å². The van der Waals surface area contributed by atoms with Crippen LogP contribution in [-0.2, 0) is 9.53 Å². The van der Waals surface area contributed by atoms with E-state index in [4.69, 9.17) is 10.5 Å². The second-order valence-electron chi connectivity index (χ2n) is 4.52. The van der Waals surface area contributed by atoms with Crippen molar-refractivity contribution in [1.29, 1.82) is 0 Å². The van der Waals surface area contributed by atoms with Gasteiger partial charge in [0.1, 0.15) is 5.75 Å². The first kappa shape index (κ1) is 18.7. The summed E-state index contributed by atoms with van der Waals surface area (Å²) in [6, 6.07) is 2.71. The minimum atomic E-state index is -0.938.